The van der Waals surface area contributed by atoms with E-state index in [9.17, 15) is 4.39 Å². The summed E-state index contributed by atoms with van der Waals surface area (Å²) in [4.78, 5) is 0. The topological polar surface area (TPSA) is 71.1 Å². The quantitative estimate of drug-likeness (QED) is 0.862. The Hall–Kier alpha value is -2.00. The van der Waals surface area contributed by atoms with Crippen molar-refractivity contribution in [1.29, 1.82) is 5.26 Å². The summed E-state index contributed by atoms with van der Waals surface area (Å²) in [5.41, 5.74) is 7.33. The molecule has 1 atom stereocenters. The van der Waals surface area contributed by atoms with E-state index in [2.05, 4.69) is 5.32 Å². The van der Waals surface area contributed by atoms with Crippen LogP contribution in [-0.2, 0) is 0 Å². The van der Waals surface area contributed by atoms with E-state index in [0.29, 0.717) is 41.2 Å². The lowest BCUT2D eigenvalue weighted by atomic mass is 10.0. The van der Waals surface area contributed by atoms with Gasteiger partial charge in [-0.15, -0.1) is 0 Å². The Bertz CT molecular complexity index is 797. The van der Waals surface area contributed by atoms with Gasteiger partial charge in [0.15, 0.2) is 5.75 Å². The monoisotopic (exact) mass is 351 g/mol. The van der Waals surface area contributed by atoms with Gasteiger partial charge in [0.25, 0.3) is 0 Å². The number of nitrogens with one attached hydrogen (secondary N) is 1. The number of rotatable bonds is 2. The summed E-state index contributed by atoms with van der Waals surface area (Å²) >= 11 is 12.5. The first-order chi connectivity index (χ1) is 11.0. The minimum Gasteiger partial charge on any atom is -0.484 e. The Kier molecular flexibility index (Phi) is 4.31. The van der Waals surface area contributed by atoms with E-state index in [4.69, 9.17) is 38.9 Å². The molecule has 0 spiro atoms. The van der Waals surface area contributed by atoms with E-state index < -0.39 is 5.82 Å². The Labute approximate surface area is 142 Å². The highest BCUT2D eigenvalue weighted by atomic mass is 35.5. The first kappa shape index (κ1) is 15.9. The van der Waals surface area contributed by atoms with Gasteiger partial charge in [0.1, 0.15) is 11.9 Å². The van der Waals surface area contributed by atoms with Crippen molar-refractivity contribution in [2.45, 2.75) is 6.10 Å². The molecule has 0 saturated heterocycles. The zero-order valence-corrected chi connectivity index (χ0v) is 13.4. The highest BCUT2D eigenvalue weighted by molar-refractivity contribution is 6.39. The van der Waals surface area contributed by atoms with Crippen LogP contribution in [0.4, 0.5) is 10.1 Å². The van der Waals surface area contributed by atoms with E-state index in [0.717, 1.165) is 0 Å². The molecule has 118 valence electrons. The van der Waals surface area contributed by atoms with Crippen molar-refractivity contribution < 1.29 is 9.13 Å². The SMILES string of the molecule is N#Cc1cc(Cl)c(-c2cc(F)cc3c2O[C@H](CN)CN3)c(Cl)c1. The van der Waals surface area contributed by atoms with Gasteiger partial charge in [-0.25, -0.2) is 4.39 Å². The molecule has 23 heavy (non-hydrogen) atoms. The summed E-state index contributed by atoms with van der Waals surface area (Å²) in [6.07, 6.45) is -0.234. The molecule has 1 aliphatic heterocycles. The van der Waals surface area contributed by atoms with Crippen molar-refractivity contribution in [2.75, 3.05) is 18.4 Å². The van der Waals surface area contributed by atoms with Gasteiger partial charge >= 0.3 is 0 Å². The fourth-order valence-corrected chi connectivity index (χ4v) is 3.19. The van der Waals surface area contributed by atoms with Crippen molar-refractivity contribution in [3.8, 4) is 22.9 Å². The lowest BCUT2D eigenvalue weighted by molar-refractivity contribution is 0.215. The van der Waals surface area contributed by atoms with Gasteiger partial charge in [0.05, 0.1) is 33.9 Å². The third kappa shape index (κ3) is 2.93. The van der Waals surface area contributed by atoms with Gasteiger partial charge in [0.2, 0.25) is 0 Å². The minimum absolute atomic E-state index is 0.234. The van der Waals surface area contributed by atoms with Crippen molar-refractivity contribution in [3.05, 3.63) is 45.7 Å². The highest BCUT2D eigenvalue weighted by Gasteiger charge is 2.25. The second-order valence-electron chi connectivity index (χ2n) is 5.11. The molecule has 0 aliphatic carbocycles. The number of hydrogen-bond donors (Lipinski definition) is 2. The van der Waals surface area contributed by atoms with E-state index in [1.54, 1.807) is 0 Å². The van der Waals surface area contributed by atoms with Gasteiger partial charge in [-0.05, 0) is 18.2 Å². The molecule has 7 heteroatoms. The van der Waals surface area contributed by atoms with Crippen LogP contribution in [0, 0.1) is 17.1 Å². The lowest BCUT2D eigenvalue weighted by Gasteiger charge is -2.28. The fourth-order valence-electron chi connectivity index (χ4n) is 2.50. The molecule has 3 rings (SSSR count). The molecule has 0 bridgehead atoms. The molecule has 3 N–H and O–H groups in total. The Morgan fingerprint density at radius 3 is 2.61 bits per heavy atom. The number of hydrogen-bond acceptors (Lipinski definition) is 4. The number of nitrogens with two attached hydrogens (primary N) is 1. The number of halogens is 3. The van der Waals surface area contributed by atoms with Crippen LogP contribution in [0.3, 0.4) is 0 Å². The summed E-state index contributed by atoms with van der Waals surface area (Å²) in [6, 6.07) is 7.59. The summed E-state index contributed by atoms with van der Waals surface area (Å²) in [5, 5.41) is 12.6. The van der Waals surface area contributed by atoms with E-state index in [-0.39, 0.29) is 16.1 Å². The summed E-state index contributed by atoms with van der Waals surface area (Å²) < 4.78 is 19.8. The molecule has 0 saturated carbocycles. The van der Waals surface area contributed by atoms with Crippen LogP contribution in [0.2, 0.25) is 10.0 Å². The van der Waals surface area contributed by atoms with Gasteiger partial charge < -0.3 is 15.8 Å². The highest BCUT2D eigenvalue weighted by Crippen LogP contribution is 2.45. The summed E-state index contributed by atoms with van der Waals surface area (Å²) in [6.45, 7) is 0.805. The number of nitriles is 1. The van der Waals surface area contributed by atoms with E-state index in [1.807, 2.05) is 6.07 Å². The van der Waals surface area contributed by atoms with Crippen LogP contribution < -0.4 is 15.8 Å². The minimum atomic E-state index is -0.447. The van der Waals surface area contributed by atoms with Gasteiger partial charge in [-0.2, -0.15) is 5.26 Å². The Morgan fingerprint density at radius 2 is 2.00 bits per heavy atom. The number of fused-ring (bicyclic) bond motifs is 1. The van der Waals surface area contributed by atoms with Crippen molar-refractivity contribution in [2.24, 2.45) is 5.73 Å². The molecule has 4 nitrogen and oxygen atoms in total. The van der Waals surface area contributed by atoms with Crippen LogP contribution in [0.15, 0.2) is 24.3 Å². The predicted octanol–water partition coefficient (Wildman–Crippen LogP) is 3.80. The largest absolute Gasteiger partial charge is 0.484 e. The molecule has 1 heterocycles. The zero-order chi connectivity index (χ0) is 16.6. The number of benzene rings is 2. The maximum atomic E-state index is 14.0. The van der Waals surface area contributed by atoms with Crippen LogP contribution in [0.25, 0.3) is 11.1 Å². The van der Waals surface area contributed by atoms with Crippen LogP contribution >= 0.6 is 23.2 Å². The first-order valence-electron chi connectivity index (χ1n) is 6.87. The molecular formula is C16H12Cl2FN3O. The summed E-state index contributed by atoms with van der Waals surface area (Å²) in [5.74, 6) is -0.000788. The third-order valence-electron chi connectivity index (χ3n) is 3.56. The van der Waals surface area contributed by atoms with Crippen molar-refractivity contribution >= 4 is 28.9 Å². The van der Waals surface area contributed by atoms with E-state index in [1.165, 1.54) is 24.3 Å². The standard InChI is InChI=1S/C16H12Cl2FN3O/c17-12-1-8(5-20)2-13(18)15(12)11-3-9(19)4-14-16(11)23-10(6-21)7-22-14/h1-4,10,22H,6-7,21H2/t10-/m1/s1. The second-order valence-corrected chi connectivity index (χ2v) is 5.93. The molecule has 0 unspecified atom stereocenters. The number of anilines is 1. The van der Waals surface area contributed by atoms with Crippen LogP contribution in [0.5, 0.6) is 5.75 Å². The number of nitrogens with zero attached hydrogens (tertiary/aromatic N) is 1. The lowest BCUT2D eigenvalue weighted by Crippen LogP contribution is -2.37. The Balaban J connectivity index is 2.22. The third-order valence-corrected chi connectivity index (χ3v) is 4.16. The molecule has 1 aliphatic rings. The number of ether oxygens (including phenoxy) is 1. The smallest absolute Gasteiger partial charge is 0.151 e. The molecule has 0 amide bonds. The summed E-state index contributed by atoms with van der Waals surface area (Å²) in [7, 11) is 0. The molecule has 0 aromatic heterocycles. The second kappa shape index (κ2) is 6.25. The van der Waals surface area contributed by atoms with Gasteiger partial charge in [0, 0.05) is 23.7 Å². The molecular weight excluding hydrogens is 340 g/mol. The van der Waals surface area contributed by atoms with Crippen molar-refractivity contribution in [1.82, 2.24) is 0 Å². The predicted molar refractivity (Wildman–Crippen MR) is 88.5 cm³/mol. The van der Waals surface area contributed by atoms with Gasteiger partial charge in [-0.3, -0.25) is 0 Å². The zero-order valence-electron chi connectivity index (χ0n) is 11.9. The molecule has 0 radical (unpaired) electrons. The maximum Gasteiger partial charge on any atom is 0.151 e. The fraction of sp³-hybridized carbons (Fsp3) is 0.188. The molecule has 2 aromatic carbocycles. The van der Waals surface area contributed by atoms with Gasteiger partial charge in [-0.1, -0.05) is 23.2 Å². The maximum absolute atomic E-state index is 14.0. The molecule has 2 aromatic rings. The average Bonchev–Trinajstić information content (AvgIpc) is 2.53. The van der Waals surface area contributed by atoms with E-state index >= 15 is 0 Å². The van der Waals surface area contributed by atoms with Crippen LogP contribution in [-0.4, -0.2) is 19.2 Å². The Morgan fingerprint density at radius 1 is 1.30 bits per heavy atom. The van der Waals surface area contributed by atoms with Crippen molar-refractivity contribution in [3.63, 3.8) is 0 Å². The average molecular weight is 352 g/mol. The normalized spacial score (nSPS) is 16.0. The van der Waals surface area contributed by atoms with Crippen LogP contribution in [0.1, 0.15) is 5.56 Å². The molecule has 0 fully saturated rings. The first-order valence-corrected chi connectivity index (χ1v) is 7.62.